The number of furan rings is 1. The van der Waals surface area contributed by atoms with Gasteiger partial charge in [-0.05, 0) is 38.1 Å². The summed E-state index contributed by atoms with van der Waals surface area (Å²) in [7, 11) is 1.60. The van der Waals surface area contributed by atoms with Crippen LogP contribution in [0.4, 0.5) is 0 Å². The van der Waals surface area contributed by atoms with E-state index in [-0.39, 0.29) is 5.91 Å². The molecule has 1 N–H and O–H groups in total. The molecule has 112 valence electrons. The smallest absolute Gasteiger partial charge is 0.287 e. The summed E-state index contributed by atoms with van der Waals surface area (Å²) in [6, 6.07) is 3.46. The minimum Gasteiger partial charge on any atom is -0.453 e. The Balaban J connectivity index is 1.71. The third-order valence-corrected chi connectivity index (χ3v) is 3.58. The highest BCUT2D eigenvalue weighted by Crippen LogP contribution is 2.10. The van der Waals surface area contributed by atoms with E-state index in [1.54, 1.807) is 19.2 Å². The standard InChI is InChI=1S/C15H24N2O3/c1-19-12-13-6-7-14(20-13)15(18)16-8-11-17-9-4-2-3-5-10-17/h6-7H,2-5,8-12H2,1H3,(H,16,18). The van der Waals surface area contributed by atoms with Gasteiger partial charge in [0.25, 0.3) is 5.91 Å². The minimum absolute atomic E-state index is 0.151. The van der Waals surface area contributed by atoms with Gasteiger partial charge in [-0.1, -0.05) is 12.8 Å². The second kappa shape index (κ2) is 8.07. The first-order valence-corrected chi connectivity index (χ1v) is 7.38. The fourth-order valence-corrected chi connectivity index (χ4v) is 2.49. The van der Waals surface area contributed by atoms with Gasteiger partial charge >= 0.3 is 0 Å². The number of nitrogens with one attached hydrogen (secondary N) is 1. The zero-order valence-corrected chi connectivity index (χ0v) is 12.2. The number of nitrogens with zero attached hydrogens (tertiary/aromatic N) is 1. The van der Waals surface area contributed by atoms with E-state index >= 15 is 0 Å². The molecule has 0 radical (unpaired) electrons. The van der Waals surface area contributed by atoms with E-state index in [4.69, 9.17) is 9.15 Å². The molecule has 1 fully saturated rings. The van der Waals surface area contributed by atoms with E-state index in [9.17, 15) is 4.79 Å². The molecule has 2 rings (SSSR count). The van der Waals surface area contributed by atoms with Crippen molar-refractivity contribution in [3.63, 3.8) is 0 Å². The second-order valence-electron chi connectivity index (χ2n) is 5.21. The van der Waals surface area contributed by atoms with E-state index in [2.05, 4.69) is 10.2 Å². The molecule has 0 aromatic carbocycles. The van der Waals surface area contributed by atoms with Crippen LogP contribution in [0.1, 0.15) is 42.0 Å². The van der Waals surface area contributed by atoms with Crippen molar-refractivity contribution in [1.29, 1.82) is 0 Å². The molecule has 1 saturated heterocycles. The molecule has 1 amide bonds. The van der Waals surface area contributed by atoms with E-state index in [1.165, 1.54) is 25.7 Å². The molecule has 0 atom stereocenters. The third kappa shape index (κ3) is 4.65. The minimum atomic E-state index is -0.151. The number of methoxy groups -OCH3 is 1. The van der Waals surface area contributed by atoms with Gasteiger partial charge in [0.2, 0.25) is 0 Å². The Morgan fingerprint density at radius 3 is 2.75 bits per heavy atom. The second-order valence-corrected chi connectivity index (χ2v) is 5.21. The highest BCUT2D eigenvalue weighted by atomic mass is 16.5. The first-order valence-electron chi connectivity index (χ1n) is 7.38. The molecule has 20 heavy (non-hydrogen) atoms. The summed E-state index contributed by atoms with van der Waals surface area (Å²) < 4.78 is 10.4. The topological polar surface area (TPSA) is 54.7 Å². The molecule has 0 saturated carbocycles. The maximum Gasteiger partial charge on any atom is 0.287 e. The van der Waals surface area contributed by atoms with Crippen LogP contribution in [0.5, 0.6) is 0 Å². The molecule has 1 aromatic heterocycles. The Morgan fingerprint density at radius 2 is 2.05 bits per heavy atom. The van der Waals surface area contributed by atoms with Crippen molar-refractivity contribution in [2.75, 3.05) is 33.3 Å². The summed E-state index contributed by atoms with van der Waals surface area (Å²) >= 11 is 0. The van der Waals surface area contributed by atoms with E-state index in [0.29, 0.717) is 24.7 Å². The maximum atomic E-state index is 11.9. The quantitative estimate of drug-likeness (QED) is 0.866. The number of hydrogen-bond acceptors (Lipinski definition) is 4. The van der Waals surface area contributed by atoms with Gasteiger partial charge in [-0.3, -0.25) is 4.79 Å². The Labute approximate surface area is 120 Å². The van der Waals surface area contributed by atoms with Crippen LogP contribution >= 0.6 is 0 Å². The van der Waals surface area contributed by atoms with Crippen molar-refractivity contribution in [3.05, 3.63) is 23.7 Å². The molecular weight excluding hydrogens is 256 g/mol. The molecule has 1 aromatic rings. The van der Waals surface area contributed by atoms with Crippen molar-refractivity contribution in [2.24, 2.45) is 0 Å². The van der Waals surface area contributed by atoms with Gasteiger partial charge < -0.3 is 19.4 Å². The zero-order chi connectivity index (χ0) is 14.2. The average molecular weight is 280 g/mol. The van der Waals surface area contributed by atoms with Gasteiger partial charge in [0.1, 0.15) is 12.4 Å². The molecule has 1 aliphatic rings. The van der Waals surface area contributed by atoms with E-state index in [1.807, 2.05) is 0 Å². The summed E-state index contributed by atoms with van der Waals surface area (Å²) in [6.07, 6.45) is 5.20. The lowest BCUT2D eigenvalue weighted by molar-refractivity contribution is 0.0912. The third-order valence-electron chi connectivity index (χ3n) is 3.58. The number of ether oxygens (including phenoxy) is 1. The highest BCUT2D eigenvalue weighted by molar-refractivity contribution is 5.91. The van der Waals surface area contributed by atoms with Crippen molar-refractivity contribution < 1.29 is 13.9 Å². The fourth-order valence-electron chi connectivity index (χ4n) is 2.49. The highest BCUT2D eigenvalue weighted by Gasteiger charge is 2.12. The predicted octanol–water partition coefficient (Wildman–Crippen LogP) is 2.03. The van der Waals surface area contributed by atoms with Crippen LogP contribution in [0, 0.1) is 0 Å². The van der Waals surface area contributed by atoms with Crippen molar-refractivity contribution in [2.45, 2.75) is 32.3 Å². The zero-order valence-electron chi connectivity index (χ0n) is 12.2. The van der Waals surface area contributed by atoms with Gasteiger partial charge in [-0.2, -0.15) is 0 Å². The van der Waals surface area contributed by atoms with Crippen molar-refractivity contribution in [1.82, 2.24) is 10.2 Å². The van der Waals surface area contributed by atoms with Crippen LogP contribution in [-0.4, -0.2) is 44.1 Å². The molecule has 0 spiro atoms. The number of carbonyl (C=O) groups excluding carboxylic acids is 1. The van der Waals surface area contributed by atoms with Gasteiger partial charge in [-0.15, -0.1) is 0 Å². The largest absolute Gasteiger partial charge is 0.453 e. The number of rotatable bonds is 6. The number of likely N-dealkylation sites (tertiary alicyclic amines) is 1. The summed E-state index contributed by atoms with van der Waals surface area (Å²) in [5.41, 5.74) is 0. The van der Waals surface area contributed by atoms with Crippen LogP contribution in [-0.2, 0) is 11.3 Å². The van der Waals surface area contributed by atoms with Gasteiger partial charge in [0.15, 0.2) is 5.76 Å². The first kappa shape index (κ1) is 15.1. The van der Waals surface area contributed by atoms with Crippen molar-refractivity contribution >= 4 is 5.91 Å². The number of hydrogen-bond donors (Lipinski definition) is 1. The summed E-state index contributed by atoms with van der Waals surface area (Å²) in [5, 5.41) is 2.91. The molecule has 0 aliphatic carbocycles. The molecule has 0 bridgehead atoms. The lowest BCUT2D eigenvalue weighted by Crippen LogP contribution is -2.35. The van der Waals surface area contributed by atoms with E-state index < -0.39 is 0 Å². The molecule has 5 nitrogen and oxygen atoms in total. The Kier molecular flexibility index (Phi) is 6.08. The first-order chi connectivity index (χ1) is 9.79. The average Bonchev–Trinajstić information content (AvgIpc) is 2.75. The van der Waals surface area contributed by atoms with Crippen LogP contribution in [0.3, 0.4) is 0 Å². The van der Waals surface area contributed by atoms with Crippen LogP contribution in [0.25, 0.3) is 0 Å². The lowest BCUT2D eigenvalue weighted by atomic mass is 10.2. The molecule has 0 unspecified atom stereocenters. The van der Waals surface area contributed by atoms with Gasteiger partial charge in [-0.25, -0.2) is 0 Å². The molecule has 2 heterocycles. The van der Waals surface area contributed by atoms with Crippen LogP contribution in [0.2, 0.25) is 0 Å². The monoisotopic (exact) mass is 280 g/mol. The molecular formula is C15H24N2O3. The predicted molar refractivity (Wildman–Crippen MR) is 76.7 cm³/mol. The fraction of sp³-hybridized carbons (Fsp3) is 0.667. The normalized spacial score (nSPS) is 16.9. The van der Waals surface area contributed by atoms with Crippen molar-refractivity contribution in [3.8, 4) is 0 Å². The summed E-state index contributed by atoms with van der Waals surface area (Å²) in [4.78, 5) is 14.3. The van der Waals surface area contributed by atoms with E-state index in [0.717, 1.165) is 19.6 Å². The number of carbonyl (C=O) groups is 1. The molecule has 5 heteroatoms. The SMILES string of the molecule is COCc1ccc(C(=O)NCCN2CCCCCC2)o1. The molecule has 1 aliphatic heterocycles. The van der Waals surface area contributed by atoms with Crippen LogP contribution in [0.15, 0.2) is 16.5 Å². The maximum absolute atomic E-state index is 11.9. The Bertz CT molecular complexity index is 409. The van der Waals surface area contributed by atoms with Crippen LogP contribution < -0.4 is 5.32 Å². The summed E-state index contributed by atoms with van der Waals surface area (Å²) in [6.45, 7) is 4.26. The Morgan fingerprint density at radius 1 is 1.30 bits per heavy atom. The Hall–Kier alpha value is -1.33. The van der Waals surface area contributed by atoms with Gasteiger partial charge in [0, 0.05) is 20.2 Å². The summed E-state index contributed by atoms with van der Waals surface area (Å²) in [5.74, 6) is 0.875. The van der Waals surface area contributed by atoms with Gasteiger partial charge in [0.05, 0.1) is 0 Å². The number of amides is 1. The lowest BCUT2D eigenvalue weighted by Gasteiger charge is -2.19.